The van der Waals surface area contributed by atoms with E-state index in [1.165, 1.54) is 10.7 Å². The first kappa shape index (κ1) is 10.4. The number of aromatic nitrogens is 2. The smallest absolute Gasteiger partial charge is 0.356 e. The monoisotopic (exact) mass is 217 g/mol. The summed E-state index contributed by atoms with van der Waals surface area (Å²) in [5.74, 6) is -1.03. The molecule has 0 saturated carbocycles. The highest BCUT2D eigenvalue weighted by molar-refractivity contribution is 5.85. The topological polar surface area (TPSA) is 81.1 Å². The first-order valence-corrected chi connectivity index (χ1v) is 4.79. The standard InChI is InChI=1S/C11H11N3O2/c12-7-8-2-1-3-9(6-8)14-5-4-10(13-14)11(15)16/h1-6H,7,12H2,(H,15,16). The van der Waals surface area contributed by atoms with Crippen molar-refractivity contribution >= 4 is 5.97 Å². The van der Waals surface area contributed by atoms with E-state index in [0.29, 0.717) is 6.54 Å². The lowest BCUT2D eigenvalue weighted by Gasteiger charge is -2.03. The molecule has 0 aliphatic heterocycles. The summed E-state index contributed by atoms with van der Waals surface area (Å²) in [6.45, 7) is 0.445. The number of hydrogen-bond donors (Lipinski definition) is 2. The summed E-state index contributed by atoms with van der Waals surface area (Å²) in [5, 5.41) is 12.7. The molecule has 1 heterocycles. The SMILES string of the molecule is NCc1cccc(-n2ccc(C(=O)O)n2)c1. The summed E-state index contributed by atoms with van der Waals surface area (Å²) in [4.78, 5) is 10.7. The quantitative estimate of drug-likeness (QED) is 0.804. The molecule has 0 atom stereocenters. The number of carboxylic acid groups (broad SMARTS) is 1. The van der Waals surface area contributed by atoms with Crippen molar-refractivity contribution in [3.8, 4) is 5.69 Å². The maximum Gasteiger partial charge on any atom is 0.356 e. The van der Waals surface area contributed by atoms with Crippen LogP contribution >= 0.6 is 0 Å². The molecule has 3 N–H and O–H groups in total. The molecule has 0 bridgehead atoms. The van der Waals surface area contributed by atoms with Crippen LogP contribution in [-0.2, 0) is 6.54 Å². The predicted octanol–water partition coefficient (Wildman–Crippen LogP) is 1.03. The number of nitrogens with two attached hydrogens (primary N) is 1. The van der Waals surface area contributed by atoms with Crippen LogP contribution < -0.4 is 5.73 Å². The van der Waals surface area contributed by atoms with E-state index in [9.17, 15) is 4.79 Å². The van der Waals surface area contributed by atoms with E-state index in [4.69, 9.17) is 10.8 Å². The van der Waals surface area contributed by atoms with Crippen molar-refractivity contribution in [2.75, 3.05) is 0 Å². The molecule has 0 amide bonds. The normalized spacial score (nSPS) is 10.3. The highest BCUT2D eigenvalue weighted by Gasteiger charge is 2.07. The van der Waals surface area contributed by atoms with Gasteiger partial charge < -0.3 is 10.8 Å². The Hall–Kier alpha value is -2.14. The number of aromatic carboxylic acids is 1. The molecule has 0 fully saturated rings. The van der Waals surface area contributed by atoms with Gasteiger partial charge >= 0.3 is 5.97 Å². The van der Waals surface area contributed by atoms with Gasteiger partial charge in [-0.15, -0.1) is 0 Å². The van der Waals surface area contributed by atoms with Crippen molar-refractivity contribution in [2.45, 2.75) is 6.54 Å². The Bertz CT molecular complexity index is 519. The van der Waals surface area contributed by atoms with Gasteiger partial charge in [0.1, 0.15) is 0 Å². The molecule has 2 aromatic rings. The third-order valence-electron chi connectivity index (χ3n) is 2.22. The van der Waals surface area contributed by atoms with Crippen LogP contribution in [0.2, 0.25) is 0 Å². The van der Waals surface area contributed by atoms with Crippen molar-refractivity contribution in [1.29, 1.82) is 0 Å². The average Bonchev–Trinajstić information content (AvgIpc) is 2.78. The lowest BCUT2D eigenvalue weighted by atomic mass is 10.2. The summed E-state index contributed by atoms with van der Waals surface area (Å²) in [6.07, 6.45) is 1.61. The first-order chi connectivity index (χ1) is 7.70. The van der Waals surface area contributed by atoms with Gasteiger partial charge in [0.25, 0.3) is 0 Å². The molecule has 0 spiro atoms. The molecular formula is C11H11N3O2. The van der Waals surface area contributed by atoms with Crippen molar-refractivity contribution in [2.24, 2.45) is 5.73 Å². The largest absolute Gasteiger partial charge is 0.476 e. The lowest BCUT2D eigenvalue weighted by Crippen LogP contribution is -2.02. The Morgan fingerprint density at radius 3 is 2.88 bits per heavy atom. The zero-order valence-corrected chi connectivity index (χ0v) is 8.50. The predicted molar refractivity (Wildman–Crippen MR) is 58.4 cm³/mol. The average molecular weight is 217 g/mol. The Labute approximate surface area is 92.1 Å². The minimum absolute atomic E-state index is 0.0261. The van der Waals surface area contributed by atoms with Gasteiger partial charge in [0, 0.05) is 12.7 Å². The third kappa shape index (κ3) is 1.94. The molecule has 0 saturated heterocycles. The van der Waals surface area contributed by atoms with Crippen molar-refractivity contribution < 1.29 is 9.90 Å². The zero-order valence-electron chi connectivity index (χ0n) is 8.50. The maximum atomic E-state index is 10.7. The fourth-order valence-electron chi connectivity index (χ4n) is 1.41. The van der Waals surface area contributed by atoms with Crippen molar-refractivity contribution in [3.63, 3.8) is 0 Å². The molecular weight excluding hydrogens is 206 g/mol. The van der Waals surface area contributed by atoms with E-state index >= 15 is 0 Å². The number of rotatable bonds is 3. The van der Waals surface area contributed by atoms with E-state index in [2.05, 4.69) is 5.10 Å². The number of benzene rings is 1. The number of carboxylic acids is 1. The first-order valence-electron chi connectivity index (χ1n) is 4.79. The molecule has 5 nitrogen and oxygen atoms in total. The summed E-state index contributed by atoms with van der Waals surface area (Å²) in [5.41, 5.74) is 7.33. The van der Waals surface area contributed by atoms with Crippen LogP contribution in [0.25, 0.3) is 5.69 Å². The second-order valence-electron chi connectivity index (χ2n) is 3.32. The molecule has 5 heteroatoms. The van der Waals surface area contributed by atoms with Crippen LogP contribution in [0.3, 0.4) is 0 Å². The second kappa shape index (κ2) is 4.16. The van der Waals surface area contributed by atoms with Gasteiger partial charge in [-0.1, -0.05) is 12.1 Å². The third-order valence-corrected chi connectivity index (χ3v) is 2.22. The van der Waals surface area contributed by atoms with Crippen molar-refractivity contribution in [3.05, 3.63) is 47.8 Å². The van der Waals surface area contributed by atoms with Gasteiger partial charge in [0.15, 0.2) is 5.69 Å². The van der Waals surface area contributed by atoms with Crippen LogP contribution in [0.4, 0.5) is 0 Å². The second-order valence-corrected chi connectivity index (χ2v) is 3.32. The molecule has 1 aromatic carbocycles. The van der Waals surface area contributed by atoms with Gasteiger partial charge in [-0.25, -0.2) is 9.48 Å². The van der Waals surface area contributed by atoms with Gasteiger partial charge in [-0.05, 0) is 23.8 Å². The lowest BCUT2D eigenvalue weighted by molar-refractivity contribution is 0.0690. The number of carbonyl (C=O) groups is 1. The Balaban J connectivity index is 2.38. The summed E-state index contributed by atoms with van der Waals surface area (Å²) in [7, 11) is 0. The molecule has 0 unspecified atom stereocenters. The highest BCUT2D eigenvalue weighted by atomic mass is 16.4. The summed E-state index contributed by atoms with van der Waals surface area (Å²) in [6, 6.07) is 8.94. The molecule has 0 radical (unpaired) electrons. The fourth-order valence-corrected chi connectivity index (χ4v) is 1.41. The van der Waals surface area contributed by atoms with Gasteiger partial charge in [0.2, 0.25) is 0 Å². The van der Waals surface area contributed by atoms with E-state index in [-0.39, 0.29) is 5.69 Å². The summed E-state index contributed by atoms with van der Waals surface area (Å²) < 4.78 is 1.52. The van der Waals surface area contributed by atoms with E-state index in [1.54, 1.807) is 6.20 Å². The van der Waals surface area contributed by atoms with Crippen LogP contribution in [0.5, 0.6) is 0 Å². The molecule has 16 heavy (non-hydrogen) atoms. The number of hydrogen-bond acceptors (Lipinski definition) is 3. The van der Waals surface area contributed by atoms with Crippen LogP contribution in [0, 0.1) is 0 Å². The van der Waals surface area contributed by atoms with Crippen LogP contribution in [0.15, 0.2) is 36.5 Å². The zero-order chi connectivity index (χ0) is 11.5. The Kier molecular flexibility index (Phi) is 2.70. The maximum absolute atomic E-state index is 10.7. The fraction of sp³-hybridized carbons (Fsp3) is 0.0909. The summed E-state index contributed by atoms with van der Waals surface area (Å²) >= 11 is 0. The van der Waals surface area contributed by atoms with Crippen LogP contribution in [0.1, 0.15) is 16.1 Å². The molecule has 0 aliphatic carbocycles. The van der Waals surface area contributed by atoms with E-state index in [0.717, 1.165) is 11.3 Å². The molecule has 82 valence electrons. The number of nitrogens with zero attached hydrogens (tertiary/aromatic N) is 2. The van der Waals surface area contributed by atoms with Gasteiger partial charge in [-0.2, -0.15) is 5.10 Å². The Morgan fingerprint density at radius 1 is 1.44 bits per heavy atom. The highest BCUT2D eigenvalue weighted by Crippen LogP contribution is 2.10. The van der Waals surface area contributed by atoms with Gasteiger partial charge in [-0.3, -0.25) is 0 Å². The van der Waals surface area contributed by atoms with Crippen molar-refractivity contribution in [1.82, 2.24) is 9.78 Å². The molecule has 1 aromatic heterocycles. The van der Waals surface area contributed by atoms with Gasteiger partial charge in [0.05, 0.1) is 5.69 Å². The van der Waals surface area contributed by atoms with E-state index in [1.807, 2.05) is 24.3 Å². The van der Waals surface area contributed by atoms with E-state index < -0.39 is 5.97 Å². The van der Waals surface area contributed by atoms with Crippen LogP contribution in [-0.4, -0.2) is 20.9 Å². The minimum Gasteiger partial charge on any atom is -0.476 e. The minimum atomic E-state index is -1.03. The molecule has 2 rings (SSSR count). The molecule has 0 aliphatic rings. The Morgan fingerprint density at radius 2 is 2.25 bits per heavy atom.